The van der Waals surface area contributed by atoms with Gasteiger partial charge in [-0.15, -0.1) is 0 Å². The van der Waals surface area contributed by atoms with Gasteiger partial charge in [-0.25, -0.2) is 9.55 Å². The molecule has 106 valence electrons. The molecule has 0 bridgehead atoms. The number of nitrogens with zero attached hydrogens (tertiary/aromatic N) is 2. The van der Waals surface area contributed by atoms with Crippen molar-refractivity contribution < 1.29 is 19.2 Å². The number of para-hydroxylation sites is 1. The second kappa shape index (κ2) is 8.19. The van der Waals surface area contributed by atoms with Crippen molar-refractivity contribution in [2.45, 2.75) is 0 Å². The monoisotopic (exact) mass is 295 g/mol. The molecule has 0 saturated heterocycles. The zero-order chi connectivity index (χ0) is 14.8. The van der Waals surface area contributed by atoms with Crippen LogP contribution in [0.3, 0.4) is 0 Å². The largest absolute Gasteiger partial charge is 0.466 e. The lowest BCUT2D eigenvalue weighted by molar-refractivity contribution is 0.275. The smallest absolute Gasteiger partial charge is 0.351 e. The van der Waals surface area contributed by atoms with Crippen LogP contribution in [-0.2, 0) is 4.57 Å². The van der Waals surface area contributed by atoms with Gasteiger partial charge in [0.15, 0.2) is 0 Å². The number of benzene rings is 1. The number of pyridine rings is 1. The minimum Gasteiger partial charge on any atom is -0.351 e. The molecule has 0 aliphatic heterocycles. The Kier molecular flexibility index (Phi) is 6.55. The Hall–Kier alpha value is -2.05. The van der Waals surface area contributed by atoms with Gasteiger partial charge in [0.05, 0.1) is 11.8 Å². The Morgan fingerprint density at radius 2 is 1.65 bits per heavy atom. The van der Waals surface area contributed by atoms with Gasteiger partial charge in [-0.05, 0) is 12.1 Å². The van der Waals surface area contributed by atoms with E-state index in [0.717, 1.165) is 5.52 Å². The van der Waals surface area contributed by atoms with Crippen LogP contribution in [0.25, 0.3) is 10.9 Å². The summed E-state index contributed by atoms with van der Waals surface area (Å²) < 4.78 is 8.88. The van der Waals surface area contributed by atoms with E-state index in [1.54, 1.807) is 18.7 Å². The summed E-state index contributed by atoms with van der Waals surface area (Å²) in [4.78, 5) is 32.2. The number of nitrogens with one attached hydrogen (secondary N) is 1. The number of aromatic amines is 1. The highest BCUT2D eigenvalue weighted by Gasteiger charge is 2.00. The Morgan fingerprint density at radius 1 is 1.00 bits per heavy atom. The Labute approximate surface area is 115 Å². The molecule has 0 aliphatic carbocycles. The van der Waals surface area contributed by atoms with Crippen molar-refractivity contribution >= 4 is 18.7 Å². The quantitative estimate of drug-likeness (QED) is 0.469. The molecule has 0 atom stereocenters. The summed E-state index contributed by atoms with van der Waals surface area (Å²) in [5.41, 5.74) is 1.06. The van der Waals surface area contributed by atoms with Gasteiger partial charge in [-0.2, -0.15) is 0 Å². The molecule has 0 fully saturated rings. The van der Waals surface area contributed by atoms with Crippen molar-refractivity contribution in [2.75, 3.05) is 0 Å². The van der Waals surface area contributed by atoms with Crippen molar-refractivity contribution in [3.05, 3.63) is 61.3 Å². The third-order valence-electron chi connectivity index (χ3n) is 1.92. The average molecular weight is 295 g/mol. The lowest BCUT2D eigenvalue weighted by Gasteiger charge is -1.91. The highest BCUT2D eigenvalue weighted by Crippen LogP contribution is 2.25. The zero-order valence-electron chi connectivity index (χ0n) is 10.4. The fourth-order valence-corrected chi connectivity index (χ4v) is 1.23. The third-order valence-corrected chi connectivity index (χ3v) is 1.92. The number of hydrogen-bond donors (Lipinski definition) is 4. The van der Waals surface area contributed by atoms with Crippen LogP contribution in [0.1, 0.15) is 0 Å². The molecule has 4 N–H and O–H groups in total. The molecular weight excluding hydrogens is 281 g/mol. The molecule has 2 aromatic heterocycles. The number of rotatable bonds is 0. The molecular formula is C12H14N3O4P. The molecule has 0 saturated carbocycles. The first kappa shape index (κ1) is 16.0. The molecule has 20 heavy (non-hydrogen) atoms. The molecule has 2 heterocycles. The Morgan fingerprint density at radius 3 is 2.15 bits per heavy atom. The van der Waals surface area contributed by atoms with Crippen molar-refractivity contribution in [2.24, 2.45) is 0 Å². The van der Waals surface area contributed by atoms with E-state index in [4.69, 9.17) is 19.2 Å². The molecule has 0 amide bonds. The lowest BCUT2D eigenvalue weighted by atomic mass is 10.2. The van der Waals surface area contributed by atoms with Gasteiger partial charge in [0.25, 0.3) is 0 Å². The van der Waals surface area contributed by atoms with Crippen LogP contribution in [0.4, 0.5) is 0 Å². The van der Waals surface area contributed by atoms with Crippen molar-refractivity contribution in [3.8, 4) is 0 Å². The van der Waals surface area contributed by atoms with Gasteiger partial charge < -0.3 is 19.7 Å². The minimum absolute atomic E-state index is 1.06. The van der Waals surface area contributed by atoms with E-state index in [0.29, 0.717) is 0 Å². The summed E-state index contributed by atoms with van der Waals surface area (Å²) in [6.45, 7) is 0. The van der Waals surface area contributed by atoms with Crippen LogP contribution >= 0.6 is 7.82 Å². The maximum Gasteiger partial charge on any atom is 0.466 e. The van der Waals surface area contributed by atoms with Crippen LogP contribution in [-0.4, -0.2) is 29.6 Å². The van der Waals surface area contributed by atoms with Crippen LogP contribution < -0.4 is 0 Å². The predicted octanol–water partition coefficient (Wildman–Crippen LogP) is 1.72. The first-order valence-electron chi connectivity index (χ1n) is 5.47. The number of phosphoric acid groups is 1. The summed E-state index contributed by atoms with van der Waals surface area (Å²) in [7, 11) is -4.64. The van der Waals surface area contributed by atoms with Crippen LogP contribution in [0.5, 0.6) is 0 Å². The van der Waals surface area contributed by atoms with Crippen molar-refractivity contribution in [1.82, 2.24) is 15.0 Å². The normalized spacial score (nSPS) is 9.95. The predicted molar refractivity (Wildman–Crippen MR) is 74.6 cm³/mol. The highest BCUT2D eigenvalue weighted by molar-refractivity contribution is 7.45. The van der Waals surface area contributed by atoms with Crippen molar-refractivity contribution in [3.63, 3.8) is 0 Å². The fourth-order valence-electron chi connectivity index (χ4n) is 1.23. The fraction of sp³-hybridized carbons (Fsp3) is 0. The number of fused-ring (bicyclic) bond motifs is 1. The summed E-state index contributed by atoms with van der Waals surface area (Å²) in [5, 5.41) is 1.20. The molecule has 1 aromatic carbocycles. The summed E-state index contributed by atoms with van der Waals surface area (Å²) in [6, 6.07) is 12.1. The second-order valence-electron chi connectivity index (χ2n) is 3.47. The summed E-state index contributed by atoms with van der Waals surface area (Å²) in [6.07, 6.45) is 6.89. The average Bonchev–Trinajstić information content (AvgIpc) is 2.96. The number of aromatic nitrogens is 3. The molecule has 3 rings (SSSR count). The first-order valence-corrected chi connectivity index (χ1v) is 7.04. The standard InChI is InChI=1S/C9H7N.C3H4N2.H3O4P/c1-2-6-9-8(4-1)5-3-7-10-9;1-2-5-3-4-1;1-5(2,3)4/h1-7H;1-3H,(H,4,5);(H3,1,2,3,4). The number of imidazole rings is 1. The van der Waals surface area contributed by atoms with Crippen LogP contribution in [0, 0.1) is 0 Å². The van der Waals surface area contributed by atoms with E-state index < -0.39 is 7.82 Å². The maximum absolute atomic E-state index is 8.88. The topological polar surface area (TPSA) is 119 Å². The van der Waals surface area contributed by atoms with E-state index in [-0.39, 0.29) is 0 Å². The lowest BCUT2D eigenvalue weighted by Crippen LogP contribution is -1.73. The molecule has 8 heteroatoms. The van der Waals surface area contributed by atoms with Gasteiger partial charge in [0, 0.05) is 24.0 Å². The van der Waals surface area contributed by atoms with E-state index in [1.807, 2.05) is 30.5 Å². The second-order valence-corrected chi connectivity index (χ2v) is 4.50. The van der Waals surface area contributed by atoms with Gasteiger partial charge in [-0.1, -0.05) is 24.3 Å². The third kappa shape index (κ3) is 8.12. The summed E-state index contributed by atoms with van der Waals surface area (Å²) >= 11 is 0. The van der Waals surface area contributed by atoms with Gasteiger partial charge in [-0.3, -0.25) is 4.98 Å². The molecule has 0 unspecified atom stereocenters. The van der Waals surface area contributed by atoms with Crippen LogP contribution in [0.15, 0.2) is 61.3 Å². The van der Waals surface area contributed by atoms with Crippen LogP contribution in [0.2, 0.25) is 0 Å². The molecule has 0 aliphatic rings. The minimum atomic E-state index is -4.64. The molecule has 7 nitrogen and oxygen atoms in total. The summed E-state index contributed by atoms with van der Waals surface area (Å²) in [5.74, 6) is 0. The molecule has 3 aromatic rings. The Bertz CT molecular complexity index is 564. The number of H-pyrrole nitrogens is 1. The SMILES string of the molecule is O=P(O)(O)O.c1c[nH]cn1.c1ccc2ncccc2c1. The molecule has 0 radical (unpaired) electrons. The Balaban J connectivity index is 0.000000170. The maximum atomic E-state index is 8.88. The highest BCUT2D eigenvalue weighted by atomic mass is 31.2. The van der Waals surface area contributed by atoms with Crippen molar-refractivity contribution in [1.29, 1.82) is 0 Å². The van der Waals surface area contributed by atoms with E-state index in [2.05, 4.69) is 27.1 Å². The van der Waals surface area contributed by atoms with E-state index >= 15 is 0 Å². The van der Waals surface area contributed by atoms with E-state index in [1.165, 1.54) is 5.39 Å². The van der Waals surface area contributed by atoms with Gasteiger partial charge >= 0.3 is 7.82 Å². The van der Waals surface area contributed by atoms with E-state index in [9.17, 15) is 0 Å². The first-order chi connectivity index (χ1) is 9.47. The van der Waals surface area contributed by atoms with Gasteiger partial charge in [0.2, 0.25) is 0 Å². The zero-order valence-corrected chi connectivity index (χ0v) is 11.3. The van der Waals surface area contributed by atoms with Gasteiger partial charge in [0.1, 0.15) is 0 Å². The number of hydrogen-bond acceptors (Lipinski definition) is 3. The molecule has 0 spiro atoms.